The predicted octanol–water partition coefficient (Wildman–Crippen LogP) is 1.54. The summed E-state index contributed by atoms with van der Waals surface area (Å²) in [4.78, 5) is 11.2. The molecule has 1 atom stereocenters. The van der Waals surface area contributed by atoms with E-state index in [1.165, 1.54) is 0 Å². The van der Waals surface area contributed by atoms with Crippen LogP contribution in [0.4, 0.5) is 10.5 Å². The Labute approximate surface area is 82.9 Å². The average Bonchev–Trinajstić information content (AvgIpc) is 2.19. The fourth-order valence-electron chi connectivity index (χ4n) is 0.942. The quantitative estimate of drug-likeness (QED) is 0.639. The van der Waals surface area contributed by atoms with Gasteiger partial charge in [-0.05, 0) is 18.6 Å². The Bertz CT molecular complexity index is 287. The molecule has 0 aliphatic carbocycles. The molecule has 0 radical (unpaired) electrons. The molecule has 0 aromatic heterocycles. The highest BCUT2D eigenvalue weighted by Crippen LogP contribution is 2.04. The van der Waals surface area contributed by atoms with Crippen LogP contribution in [0.25, 0.3) is 0 Å². The minimum atomic E-state index is -0.793. The lowest BCUT2D eigenvalue weighted by atomic mass is 10.3. The van der Waals surface area contributed by atoms with Gasteiger partial charge in [0.05, 0.1) is 0 Å². The zero-order valence-electron chi connectivity index (χ0n) is 8.03. The lowest BCUT2D eigenvalue weighted by molar-refractivity contribution is 0.141. The van der Waals surface area contributed by atoms with Crippen LogP contribution in [0.3, 0.4) is 0 Å². The lowest BCUT2D eigenvalue weighted by Crippen LogP contribution is -2.37. The fraction of sp³-hybridized carbons (Fsp3) is 0.300. The maximum absolute atomic E-state index is 11.2. The number of benzene rings is 1. The van der Waals surface area contributed by atoms with Crippen LogP contribution in [0.1, 0.15) is 13.3 Å². The van der Waals surface area contributed by atoms with Crippen LogP contribution in [0.2, 0.25) is 0 Å². The summed E-state index contributed by atoms with van der Waals surface area (Å²) in [6.07, 6.45) is -0.305. The largest absolute Gasteiger partial charge is 0.374 e. The number of carbonyl (C=O) groups excluding carboxylic acids is 1. The Morgan fingerprint density at radius 1 is 1.43 bits per heavy atom. The molecule has 1 unspecified atom stereocenters. The van der Waals surface area contributed by atoms with Gasteiger partial charge in [0.25, 0.3) is 0 Å². The minimum Gasteiger partial charge on any atom is -0.374 e. The molecule has 0 fully saturated rings. The smallest absolute Gasteiger partial charge is 0.321 e. The number of amides is 2. The number of anilines is 1. The number of rotatable bonds is 3. The molecule has 0 saturated heterocycles. The Balaban J connectivity index is 2.42. The number of aliphatic hydroxyl groups is 1. The number of hydrogen-bond acceptors (Lipinski definition) is 2. The van der Waals surface area contributed by atoms with E-state index in [4.69, 9.17) is 5.11 Å². The number of carbonyl (C=O) groups is 1. The topological polar surface area (TPSA) is 61.4 Å². The normalized spacial score (nSPS) is 11.9. The summed E-state index contributed by atoms with van der Waals surface area (Å²) in [6, 6.07) is 8.67. The predicted molar refractivity (Wildman–Crippen MR) is 54.9 cm³/mol. The average molecular weight is 194 g/mol. The van der Waals surface area contributed by atoms with E-state index in [9.17, 15) is 4.79 Å². The van der Waals surface area contributed by atoms with E-state index in [2.05, 4.69) is 10.6 Å². The Kier molecular flexibility index (Phi) is 3.94. The van der Waals surface area contributed by atoms with Crippen molar-refractivity contribution in [2.24, 2.45) is 0 Å². The SMILES string of the molecule is CCC(O)NC(=O)Nc1ccccc1. The second kappa shape index (κ2) is 5.24. The first kappa shape index (κ1) is 10.5. The fourth-order valence-corrected chi connectivity index (χ4v) is 0.942. The number of nitrogens with one attached hydrogen (secondary N) is 2. The van der Waals surface area contributed by atoms with Crippen molar-refractivity contribution in [3.05, 3.63) is 30.3 Å². The molecular weight excluding hydrogens is 180 g/mol. The van der Waals surface area contributed by atoms with Gasteiger partial charge in [0.15, 0.2) is 0 Å². The van der Waals surface area contributed by atoms with E-state index in [-0.39, 0.29) is 0 Å². The number of aliphatic hydroxyl groups excluding tert-OH is 1. The Morgan fingerprint density at radius 3 is 2.64 bits per heavy atom. The van der Waals surface area contributed by atoms with E-state index >= 15 is 0 Å². The van der Waals surface area contributed by atoms with Crippen molar-refractivity contribution < 1.29 is 9.90 Å². The van der Waals surface area contributed by atoms with Crippen LogP contribution in [0, 0.1) is 0 Å². The van der Waals surface area contributed by atoms with Gasteiger partial charge < -0.3 is 15.7 Å². The monoisotopic (exact) mass is 194 g/mol. The van der Waals surface area contributed by atoms with Crippen LogP contribution >= 0.6 is 0 Å². The van der Waals surface area contributed by atoms with Crippen LogP contribution in [0.15, 0.2) is 30.3 Å². The number of para-hydroxylation sites is 1. The van der Waals surface area contributed by atoms with E-state index in [0.717, 1.165) is 0 Å². The van der Waals surface area contributed by atoms with Gasteiger partial charge in [-0.1, -0.05) is 25.1 Å². The molecule has 1 rings (SSSR count). The van der Waals surface area contributed by atoms with Gasteiger partial charge in [-0.2, -0.15) is 0 Å². The van der Waals surface area contributed by atoms with Gasteiger partial charge >= 0.3 is 6.03 Å². The van der Waals surface area contributed by atoms with Crippen LogP contribution in [0.5, 0.6) is 0 Å². The van der Waals surface area contributed by atoms with Crippen molar-refractivity contribution in [2.75, 3.05) is 5.32 Å². The highest BCUT2D eigenvalue weighted by atomic mass is 16.3. The first-order valence-electron chi connectivity index (χ1n) is 4.53. The third kappa shape index (κ3) is 3.45. The highest BCUT2D eigenvalue weighted by molar-refractivity contribution is 5.89. The molecule has 14 heavy (non-hydrogen) atoms. The maximum atomic E-state index is 11.2. The summed E-state index contributed by atoms with van der Waals surface area (Å²) in [7, 11) is 0. The van der Waals surface area contributed by atoms with Gasteiger partial charge in [0.2, 0.25) is 0 Å². The molecular formula is C10H14N2O2. The van der Waals surface area contributed by atoms with Crippen LogP contribution in [-0.2, 0) is 0 Å². The van der Waals surface area contributed by atoms with Gasteiger partial charge in [-0.3, -0.25) is 0 Å². The van der Waals surface area contributed by atoms with E-state index < -0.39 is 12.3 Å². The molecule has 1 aromatic carbocycles. The molecule has 2 amide bonds. The van der Waals surface area contributed by atoms with Crippen molar-refractivity contribution in [3.63, 3.8) is 0 Å². The first-order chi connectivity index (χ1) is 6.72. The molecule has 0 heterocycles. The van der Waals surface area contributed by atoms with E-state index in [1.807, 2.05) is 18.2 Å². The second-order valence-electron chi connectivity index (χ2n) is 2.89. The number of urea groups is 1. The summed E-state index contributed by atoms with van der Waals surface area (Å²) in [5, 5.41) is 14.1. The first-order valence-corrected chi connectivity index (χ1v) is 4.53. The molecule has 1 aromatic rings. The van der Waals surface area contributed by atoms with E-state index in [1.54, 1.807) is 19.1 Å². The molecule has 76 valence electrons. The summed E-state index contributed by atoms with van der Waals surface area (Å²) in [5.41, 5.74) is 0.702. The molecule has 0 spiro atoms. The van der Waals surface area contributed by atoms with E-state index in [0.29, 0.717) is 12.1 Å². The standard InChI is InChI=1S/C10H14N2O2/c1-2-9(13)12-10(14)11-8-6-4-3-5-7-8/h3-7,9,13H,2H2,1H3,(H2,11,12,14). The second-order valence-corrected chi connectivity index (χ2v) is 2.89. The van der Waals surface area contributed by atoms with Gasteiger partial charge in [0.1, 0.15) is 6.23 Å². The summed E-state index contributed by atoms with van der Waals surface area (Å²) >= 11 is 0. The zero-order chi connectivity index (χ0) is 10.4. The van der Waals surface area contributed by atoms with Crippen molar-refractivity contribution in [1.29, 1.82) is 0 Å². The van der Waals surface area contributed by atoms with Gasteiger partial charge in [-0.25, -0.2) is 4.79 Å². The molecule has 0 saturated carbocycles. The summed E-state index contributed by atoms with van der Waals surface area (Å²) in [5.74, 6) is 0. The van der Waals surface area contributed by atoms with Crippen molar-refractivity contribution in [2.45, 2.75) is 19.6 Å². The van der Waals surface area contributed by atoms with Gasteiger partial charge in [-0.15, -0.1) is 0 Å². The summed E-state index contributed by atoms with van der Waals surface area (Å²) in [6.45, 7) is 1.79. The molecule has 4 heteroatoms. The maximum Gasteiger partial charge on any atom is 0.321 e. The third-order valence-electron chi connectivity index (χ3n) is 1.72. The third-order valence-corrected chi connectivity index (χ3v) is 1.72. The molecule has 4 nitrogen and oxygen atoms in total. The Hall–Kier alpha value is -1.55. The Morgan fingerprint density at radius 2 is 2.07 bits per heavy atom. The highest BCUT2D eigenvalue weighted by Gasteiger charge is 2.05. The summed E-state index contributed by atoms with van der Waals surface area (Å²) < 4.78 is 0. The minimum absolute atomic E-state index is 0.398. The molecule has 0 aliphatic rings. The van der Waals surface area contributed by atoms with Crippen molar-refractivity contribution in [3.8, 4) is 0 Å². The zero-order valence-corrected chi connectivity index (χ0v) is 8.03. The van der Waals surface area contributed by atoms with Crippen molar-refractivity contribution >= 4 is 11.7 Å². The van der Waals surface area contributed by atoms with Gasteiger partial charge in [0, 0.05) is 5.69 Å². The van der Waals surface area contributed by atoms with Crippen molar-refractivity contribution in [1.82, 2.24) is 5.32 Å². The van der Waals surface area contributed by atoms with Crippen LogP contribution < -0.4 is 10.6 Å². The molecule has 0 aliphatic heterocycles. The molecule has 0 bridgehead atoms. The van der Waals surface area contributed by atoms with Crippen LogP contribution in [-0.4, -0.2) is 17.4 Å². The number of hydrogen-bond donors (Lipinski definition) is 3. The molecule has 3 N–H and O–H groups in total. The lowest BCUT2D eigenvalue weighted by Gasteiger charge is -2.11.